The molecule has 1 aromatic heterocycles. The van der Waals surface area contributed by atoms with Gasteiger partial charge in [-0.05, 0) is 25.5 Å². The van der Waals surface area contributed by atoms with Crippen molar-refractivity contribution < 1.29 is 12.8 Å². The summed E-state index contributed by atoms with van der Waals surface area (Å²) in [6, 6.07) is 3.02. The SMILES string of the molecule is CCNC(=NCCS(N)(=O)=O)NC1CCN(c2ncccc2F)C1.I. The zero-order valence-electron chi connectivity index (χ0n) is 14.0. The lowest BCUT2D eigenvalue weighted by Crippen LogP contribution is -2.45. The maximum absolute atomic E-state index is 13.8. The Hall–Kier alpha value is -1.21. The third-order valence-corrected chi connectivity index (χ3v) is 4.31. The number of nitrogens with two attached hydrogens (primary N) is 1. The fourth-order valence-corrected chi connectivity index (χ4v) is 2.82. The Morgan fingerprint density at radius 1 is 1.56 bits per heavy atom. The van der Waals surface area contributed by atoms with Crippen molar-refractivity contribution in [2.24, 2.45) is 10.1 Å². The number of aliphatic imine (C=N–C) groups is 1. The van der Waals surface area contributed by atoms with Gasteiger partial charge in [0.25, 0.3) is 0 Å². The van der Waals surface area contributed by atoms with Gasteiger partial charge >= 0.3 is 0 Å². The Morgan fingerprint density at radius 3 is 2.96 bits per heavy atom. The summed E-state index contributed by atoms with van der Waals surface area (Å²) < 4.78 is 35.7. The van der Waals surface area contributed by atoms with Crippen LogP contribution in [0.2, 0.25) is 0 Å². The van der Waals surface area contributed by atoms with Crippen LogP contribution in [-0.2, 0) is 10.0 Å². The van der Waals surface area contributed by atoms with Gasteiger partial charge in [-0.25, -0.2) is 22.9 Å². The van der Waals surface area contributed by atoms with Gasteiger partial charge in [0, 0.05) is 31.9 Å². The standard InChI is InChI=1S/C14H23FN6O2S.HI/c1-2-17-14(19-7-9-24(16,22)23)20-11-5-8-21(10-11)13-12(15)4-3-6-18-13;/h3-4,6,11H,2,5,7-10H2,1H3,(H2,16,22,23)(H2,17,19,20);1H. The number of nitrogens with zero attached hydrogens (tertiary/aromatic N) is 3. The number of primary sulfonamides is 1. The molecular formula is C14H24FIN6O2S. The van der Waals surface area contributed by atoms with E-state index in [1.807, 2.05) is 11.8 Å². The second-order valence-corrected chi connectivity index (χ2v) is 7.25. The molecule has 0 bridgehead atoms. The molecule has 1 aromatic rings. The van der Waals surface area contributed by atoms with E-state index in [0.717, 1.165) is 6.42 Å². The molecule has 4 N–H and O–H groups in total. The Kier molecular flexibility index (Phi) is 8.79. The highest BCUT2D eigenvalue weighted by Crippen LogP contribution is 2.20. The van der Waals surface area contributed by atoms with Gasteiger partial charge in [0.2, 0.25) is 10.0 Å². The quantitative estimate of drug-likeness (QED) is 0.302. The number of rotatable bonds is 6. The van der Waals surface area contributed by atoms with Crippen LogP contribution < -0.4 is 20.7 Å². The molecule has 0 radical (unpaired) electrons. The minimum atomic E-state index is -3.53. The maximum Gasteiger partial charge on any atom is 0.210 e. The van der Waals surface area contributed by atoms with Gasteiger partial charge in [-0.2, -0.15) is 0 Å². The molecule has 1 fully saturated rings. The molecule has 1 saturated heterocycles. The van der Waals surface area contributed by atoms with E-state index < -0.39 is 10.0 Å². The zero-order valence-corrected chi connectivity index (χ0v) is 17.1. The Labute approximate surface area is 164 Å². The largest absolute Gasteiger partial charge is 0.357 e. The van der Waals surface area contributed by atoms with Crippen molar-refractivity contribution in [1.82, 2.24) is 15.6 Å². The number of hydrogen-bond acceptors (Lipinski definition) is 5. The fraction of sp³-hybridized carbons (Fsp3) is 0.571. The number of guanidine groups is 1. The van der Waals surface area contributed by atoms with Crippen LogP contribution in [0.1, 0.15) is 13.3 Å². The van der Waals surface area contributed by atoms with Crippen molar-refractivity contribution in [2.45, 2.75) is 19.4 Å². The highest BCUT2D eigenvalue weighted by Gasteiger charge is 2.25. The Bertz CT molecular complexity index is 688. The monoisotopic (exact) mass is 486 g/mol. The summed E-state index contributed by atoms with van der Waals surface area (Å²) in [5, 5.41) is 11.3. The Balaban J connectivity index is 0.00000312. The second-order valence-electron chi connectivity index (χ2n) is 5.51. The first-order chi connectivity index (χ1) is 11.4. The molecule has 25 heavy (non-hydrogen) atoms. The number of anilines is 1. The lowest BCUT2D eigenvalue weighted by Gasteiger charge is -2.19. The molecule has 1 aliphatic rings. The van der Waals surface area contributed by atoms with E-state index >= 15 is 0 Å². The lowest BCUT2D eigenvalue weighted by molar-refractivity contribution is 0.597. The molecular weight excluding hydrogens is 462 g/mol. The van der Waals surface area contributed by atoms with Crippen molar-refractivity contribution in [3.05, 3.63) is 24.1 Å². The minimum Gasteiger partial charge on any atom is -0.357 e. The van der Waals surface area contributed by atoms with E-state index in [0.29, 0.717) is 31.4 Å². The molecule has 11 heteroatoms. The highest BCUT2D eigenvalue weighted by atomic mass is 127. The number of aromatic nitrogens is 1. The van der Waals surface area contributed by atoms with Crippen molar-refractivity contribution in [3.63, 3.8) is 0 Å². The van der Waals surface area contributed by atoms with Crippen LogP contribution in [0.3, 0.4) is 0 Å². The van der Waals surface area contributed by atoms with E-state index in [1.54, 1.807) is 12.3 Å². The first-order valence-electron chi connectivity index (χ1n) is 7.80. The van der Waals surface area contributed by atoms with E-state index in [2.05, 4.69) is 20.6 Å². The molecule has 2 rings (SSSR count). The molecule has 8 nitrogen and oxygen atoms in total. The minimum absolute atomic E-state index is 0. The number of hydrogen-bond donors (Lipinski definition) is 3. The fourth-order valence-electron chi connectivity index (χ4n) is 2.48. The summed E-state index contributed by atoms with van der Waals surface area (Å²) in [4.78, 5) is 10.2. The predicted octanol–water partition coefficient (Wildman–Crippen LogP) is 0.261. The number of sulfonamides is 1. The van der Waals surface area contributed by atoms with Crippen molar-refractivity contribution in [1.29, 1.82) is 0 Å². The molecule has 142 valence electrons. The highest BCUT2D eigenvalue weighted by molar-refractivity contribution is 14.0. The second kappa shape index (κ2) is 10.1. The van der Waals surface area contributed by atoms with Crippen molar-refractivity contribution >= 4 is 45.8 Å². The van der Waals surface area contributed by atoms with Crippen molar-refractivity contribution in [3.8, 4) is 0 Å². The summed E-state index contributed by atoms with van der Waals surface area (Å²) in [5.41, 5.74) is 0. The molecule has 0 spiro atoms. The maximum atomic E-state index is 13.8. The van der Waals surface area contributed by atoms with Gasteiger partial charge in [0.05, 0.1) is 12.3 Å². The molecule has 0 aromatic carbocycles. The van der Waals surface area contributed by atoms with Crippen LogP contribution in [0.15, 0.2) is 23.3 Å². The third-order valence-electron chi connectivity index (χ3n) is 3.56. The smallest absolute Gasteiger partial charge is 0.210 e. The number of nitrogens with one attached hydrogen (secondary N) is 2. The first kappa shape index (κ1) is 21.8. The molecule has 0 aliphatic carbocycles. The summed E-state index contributed by atoms with van der Waals surface area (Å²) in [6.45, 7) is 3.92. The van der Waals surface area contributed by atoms with Gasteiger partial charge in [0.1, 0.15) is 0 Å². The van der Waals surface area contributed by atoms with Gasteiger partial charge in [-0.3, -0.25) is 4.99 Å². The average molecular weight is 486 g/mol. The van der Waals surface area contributed by atoms with Crippen LogP contribution in [0.4, 0.5) is 10.2 Å². The topological polar surface area (TPSA) is 113 Å². The first-order valence-corrected chi connectivity index (χ1v) is 9.51. The molecule has 0 amide bonds. The molecule has 1 atom stereocenters. The number of halogens is 2. The lowest BCUT2D eigenvalue weighted by atomic mass is 10.3. The molecule has 1 unspecified atom stereocenters. The van der Waals surface area contributed by atoms with E-state index in [4.69, 9.17) is 5.14 Å². The van der Waals surface area contributed by atoms with E-state index in [-0.39, 0.29) is 48.1 Å². The van der Waals surface area contributed by atoms with Gasteiger partial charge < -0.3 is 15.5 Å². The summed E-state index contributed by atoms with van der Waals surface area (Å²) in [7, 11) is -3.53. The van der Waals surface area contributed by atoms with Crippen molar-refractivity contribution in [2.75, 3.05) is 36.8 Å². The molecule has 1 aliphatic heterocycles. The zero-order chi connectivity index (χ0) is 17.6. The van der Waals surface area contributed by atoms with Crippen LogP contribution >= 0.6 is 24.0 Å². The van der Waals surface area contributed by atoms with Crippen LogP contribution in [0.5, 0.6) is 0 Å². The predicted molar refractivity (Wildman–Crippen MR) is 107 cm³/mol. The van der Waals surface area contributed by atoms with Crippen LogP contribution in [0, 0.1) is 5.82 Å². The summed E-state index contributed by atoms with van der Waals surface area (Å²) in [6.07, 6.45) is 2.37. The Morgan fingerprint density at radius 2 is 2.32 bits per heavy atom. The molecule has 2 heterocycles. The van der Waals surface area contributed by atoms with E-state index in [1.165, 1.54) is 6.07 Å². The van der Waals surface area contributed by atoms with Gasteiger partial charge in [-0.15, -0.1) is 24.0 Å². The summed E-state index contributed by atoms with van der Waals surface area (Å²) in [5.74, 6) is 0.318. The normalized spacial score (nSPS) is 18.0. The van der Waals surface area contributed by atoms with Gasteiger partial charge in [0.15, 0.2) is 17.6 Å². The molecule has 0 saturated carbocycles. The van der Waals surface area contributed by atoms with Crippen LogP contribution in [0.25, 0.3) is 0 Å². The van der Waals surface area contributed by atoms with Gasteiger partial charge in [-0.1, -0.05) is 0 Å². The van der Waals surface area contributed by atoms with Crippen LogP contribution in [-0.4, -0.2) is 57.3 Å². The van der Waals surface area contributed by atoms with E-state index in [9.17, 15) is 12.8 Å². The average Bonchev–Trinajstić information content (AvgIpc) is 2.95. The third kappa shape index (κ3) is 7.28. The number of pyridine rings is 1. The summed E-state index contributed by atoms with van der Waals surface area (Å²) >= 11 is 0.